The number of amides is 1. The van der Waals surface area contributed by atoms with E-state index in [4.69, 9.17) is 10.5 Å². The average Bonchev–Trinajstić information content (AvgIpc) is 2.95. The van der Waals surface area contributed by atoms with Gasteiger partial charge in [-0.1, -0.05) is 0 Å². The summed E-state index contributed by atoms with van der Waals surface area (Å²) in [7, 11) is 2.06. The number of nitrogens with zero attached hydrogens (tertiary/aromatic N) is 5. The highest BCUT2D eigenvalue weighted by Gasteiger charge is 2.26. The SMILES string of the molecule is Cn1c(CN2CCOCC2)nnc1[C@H]1CCCN(CCC(N)=O)C1. The van der Waals surface area contributed by atoms with Gasteiger partial charge in [0.05, 0.1) is 19.8 Å². The maximum atomic E-state index is 11.0. The first-order chi connectivity index (χ1) is 11.6. The molecule has 1 amide bonds. The zero-order chi connectivity index (χ0) is 16.9. The smallest absolute Gasteiger partial charge is 0.218 e. The minimum Gasteiger partial charge on any atom is -0.379 e. The van der Waals surface area contributed by atoms with Crippen molar-refractivity contribution in [2.45, 2.75) is 31.7 Å². The normalized spacial score (nSPS) is 23.5. The zero-order valence-electron chi connectivity index (χ0n) is 14.5. The van der Waals surface area contributed by atoms with E-state index < -0.39 is 0 Å². The lowest BCUT2D eigenvalue weighted by molar-refractivity contribution is -0.118. The molecule has 3 rings (SSSR count). The first-order valence-corrected chi connectivity index (χ1v) is 8.82. The Morgan fingerprint density at radius 3 is 2.79 bits per heavy atom. The molecule has 2 fully saturated rings. The lowest BCUT2D eigenvalue weighted by Crippen LogP contribution is -2.37. The van der Waals surface area contributed by atoms with E-state index in [2.05, 4.69) is 31.6 Å². The molecule has 0 radical (unpaired) electrons. The van der Waals surface area contributed by atoms with E-state index >= 15 is 0 Å². The second-order valence-electron chi connectivity index (χ2n) is 6.78. The van der Waals surface area contributed by atoms with Gasteiger partial charge in [-0.2, -0.15) is 0 Å². The van der Waals surface area contributed by atoms with Gasteiger partial charge in [0.25, 0.3) is 0 Å². The summed E-state index contributed by atoms with van der Waals surface area (Å²) < 4.78 is 7.55. The fourth-order valence-corrected chi connectivity index (χ4v) is 3.57. The van der Waals surface area contributed by atoms with Gasteiger partial charge in [0.2, 0.25) is 5.91 Å². The van der Waals surface area contributed by atoms with Gasteiger partial charge in [-0.15, -0.1) is 10.2 Å². The Kier molecular flexibility index (Phi) is 5.80. The van der Waals surface area contributed by atoms with Gasteiger partial charge in [-0.3, -0.25) is 9.69 Å². The summed E-state index contributed by atoms with van der Waals surface area (Å²) in [4.78, 5) is 15.7. The molecule has 3 heterocycles. The minimum atomic E-state index is -0.233. The van der Waals surface area contributed by atoms with Crippen LogP contribution in [0.25, 0.3) is 0 Å². The molecule has 2 saturated heterocycles. The summed E-state index contributed by atoms with van der Waals surface area (Å²) in [5, 5.41) is 8.89. The quantitative estimate of drug-likeness (QED) is 0.767. The third kappa shape index (κ3) is 4.31. The first-order valence-electron chi connectivity index (χ1n) is 8.82. The molecular weight excluding hydrogens is 308 g/mol. The van der Waals surface area contributed by atoms with E-state index in [1.807, 2.05) is 0 Å². The Balaban J connectivity index is 1.60. The van der Waals surface area contributed by atoms with E-state index in [1.54, 1.807) is 0 Å². The molecule has 2 aliphatic heterocycles. The van der Waals surface area contributed by atoms with Crippen molar-refractivity contribution in [1.29, 1.82) is 0 Å². The lowest BCUT2D eigenvalue weighted by Gasteiger charge is -2.32. The number of nitrogens with two attached hydrogens (primary N) is 1. The molecule has 0 spiro atoms. The number of rotatable bonds is 6. The summed E-state index contributed by atoms with van der Waals surface area (Å²) in [6, 6.07) is 0. The van der Waals surface area contributed by atoms with Crippen molar-refractivity contribution in [3.63, 3.8) is 0 Å². The van der Waals surface area contributed by atoms with E-state index in [9.17, 15) is 4.79 Å². The fraction of sp³-hybridized carbons (Fsp3) is 0.812. The predicted molar refractivity (Wildman–Crippen MR) is 89.3 cm³/mol. The van der Waals surface area contributed by atoms with Crippen molar-refractivity contribution in [2.24, 2.45) is 12.8 Å². The standard InChI is InChI=1S/C16H28N6O2/c1-20-15(12-22-7-9-24-10-8-22)18-19-16(20)13-3-2-5-21(11-13)6-4-14(17)23/h13H,2-12H2,1H3,(H2,17,23)/t13-/m0/s1. The number of morpholine rings is 1. The first kappa shape index (κ1) is 17.3. The second-order valence-corrected chi connectivity index (χ2v) is 6.78. The molecule has 0 bridgehead atoms. The van der Waals surface area contributed by atoms with Gasteiger partial charge in [-0.05, 0) is 19.4 Å². The van der Waals surface area contributed by atoms with Gasteiger partial charge in [0.15, 0.2) is 0 Å². The van der Waals surface area contributed by atoms with Crippen LogP contribution in [-0.4, -0.2) is 76.4 Å². The summed E-state index contributed by atoms with van der Waals surface area (Å²) in [5.41, 5.74) is 5.27. The van der Waals surface area contributed by atoms with Crippen molar-refractivity contribution < 1.29 is 9.53 Å². The van der Waals surface area contributed by atoms with Crippen molar-refractivity contribution in [2.75, 3.05) is 45.9 Å². The number of likely N-dealkylation sites (tertiary alicyclic amines) is 1. The Morgan fingerprint density at radius 2 is 2.04 bits per heavy atom. The number of primary amides is 1. The highest BCUT2D eigenvalue weighted by atomic mass is 16.5. The van der Waals surface area contributed by atoms with E-state index in [1.165, 1.54) is 0 Å². The van der Waals surface area contributed by atoms with E-state index in [0.717, 1.165) is 77.0 Å². The van der Waals surface area contributed by atoms with E-state index in [-0.39, 0.29) is 5.91 Å². The lowest BCUT2D eigenvalue weighted by atomic mass is 9.97. The highest BCUT2D eigenvalue weighted by molar-refractivity contribution is 5.73. The molecule has 1 aromatic heterocycles. The van der Waals surface area contributed by atoms with Crippen molar-refractivity contribution in [3.05, 3.63) is 11.6 Å². The molecule has 1 atom stereocenters. The summed E-state index contributed by atoms with van der Waals surface area (Å²) in [5.74, 6) is 2.22. The molecular formula is C16H28N6O2. The number of aromatic nitrogens is 3. The third-order valence-electron chi connectivity index (χ3n) is 5.01. The molecule has 0 saturated carbocycles. The molecule has 2 aliphatic rings. The molecule has 0 aliphatic carbocycles. The summed E-state index contributed by atoms with van der Waals surface area (Å²) >= 11 is 0. The Morgan fingerprint density at radius 1 is 1.25 bits per heavy atom. The van der Waals surface area contributed by atoms with Crippen LogP contribution in [0.15, 0.2) is 0 Å². The number of ether oxygens (including phenoxy) is 1. The maximum absolute atomic E-state index is 11.0. The van der Waals surface area contributed by atoms with Crippen LogP contribution in [0.1, 0.15) is 36.8 Å². The van der Waals surface area contributed by atoms with Crippen LogP contribution in [0.5, 0.6) is 0 Å². The third-order valence-corrected chi connectivity index (χ3v) is 5.01. The minimum absolute atomic E-state index is 0.233. The topological polar surface area (TPSA) is 89.5 Å². The van der Waals surface area contributed by atoms with E-state index in [0.29, 0.717) is 12.3 Å². The molecule has 0 unspecified atom stereocenters. The molecule has 2 N–H and O–H groups in total. The largest absolute Gasteiger partial charge is 0.379 e. The van der Waals surface area contributed by atoms with Crippen LogP contribution in [0.2, 0.25) is 0 Å². The van der Waals surface area contributed by atoms with Gasteiger partial charge >= 0.3 is 0 Å². The number of carbonyl (C=O) groups is 1. The molecule has 24 heavy (non-hydrogen) atoms. The number of hydrogen-bond acceptors (Lipinski definition) is 6. The molecule has 8 heteroatoms. The zero-order valence-corrected chi connectivity index (χ0v) is 14.5. The van der Waals surface area contributed by atoms with Gasteiger partial charge < -0.3 is 19.9 Å². The van der Waals surface area contributed by atoms with Crippen LogP contribution in [0.3, 0.4) is 0 Å². The molecule has 1 aromatic rings. The van der Waals surface area contributed by atoms with Crippen LogP contribution in [0, 0.1) is 0 Å². The van der Waals surface area contributed by atoms with Crippen LogP contribution in [0.4, 0.5) is 0 Å². The molecule has 134 valence electrons. The number of hydrogen-bond donors (Lipinski definition) is 1. The predicted octanol–water partition coefficient (Wildman–Crippen LogP) is -0.298. The Bertz CT molecular complexity index is 555. The maximum Gasteiger partial charge on any atom is 0.218 e. The van der Waals surface area contributed by atoms with Crippen molar-refractivity contribution >= 4 is 5.91 Å². The summed E-state index contributed by atoms with van der Waals surface area (Å²) in [6.07, 6.45) is 2.67. The van der Waals surface area contributed by atoms with Crippen LogP contribution >= 0.6 is 0 Å². The Labute approximate surface area is 142 Å². The van der Waals surface area contributed by atoms with Gasteiger partial charge in [0.1, 0.15) is 11.6 Å². The number of piperidine rings is 1. The molecule has 8 nitrogen and oxygen atoms in total. The molecule has 0 aromatic carbocycles. The Hall–Kier alpha value is -1.51. The van der Waals surface area contributed by atoms with Gasteiger partial charge in [-0.25, -0.2) is 0 Å². The monoisotopic (exact) mass is 336 g/mol. The van der Waals surface area contributed by atoms with Crippen LogP contribution < -0.4 is 5.73 Å². The fourth-order valence-electron chi connectivity index (χ4n) is 3.57. The van der Waals surface area contributed by atoms with Gasteiger partial charge in [0, 0.05) is 45.6 Å². The number of carbonyl (C=O) groups excluding carboxylic acids is 1. The second kappa shape index (κ2) is 8.04. The highest BCUT2D eigenvalue weighted by Crippen LogP contribution is 2.26. The summed E-state index contributed by atoms with van der Waals surface area (Å²) in [6.45, 7) is 7.01. The average molecular weight is 336 g/mol. The van der Waals surface area contributed by atoms with Crippen molar-refractivity contribution in [1.82, 2.24) is 24.6 Å². The van der Waals surface area contributed by atoms with Crippen molar-refractivity contribution in [3.8, 4) is 0 Å². The van der Waals surface area contributed by atoms with Crippen LogP contribution in [-0.2, 0) is 23.1 Å².